The molecule has 3 rings (SSSR count). The molecule has 1 fully saturated rings. The number of benzene rings is 2. The Bertz CT molecular complexity index is 1010. The highest BCUT2D eigenvalue weighted by Crippen LogP contribution is 2.23. The molecule has 8 heteroatoms. The highest BCUT2D eigenvalue weighted by Gasteiger charge is 2.23. The fourth-order valence-electron chi connectivity index (χ4n) is 4.23. The molecule has 1 saturated heterocycles. The second-order valence-corrected chi connectivity index (χ2v) is 9.02. The minimum atomic E-state index is -0.773. The van der Waals surface area contributed by atoms with Crippen LogP contribution in [-0.2, 0) is 9.53 Å². The molecule has 36 heavy (non-hydrogen) atoms. The van der Waals surface area contributed by atoms with E-state index in [0.29, 0.717) is 56.3 Å². The number of rotatable bonds is 10. The van der Waals surface area contributed by atoms with Crippen molar-refractivity contribution in [3.8, 4) is 11.5 Å². The summed E-state index contributed by atoms with van der Waals surface area (Å²) in [6.07, 6.45) is 2.10. The molecule has 0 spiro atoms. The van der Waals surface area contributed by atoms with Crippen LogP contribution in [0.25, 0.3) is 0 Å². The summed E-state index contributed by atoms with van der Waals surface area (Å²) in [5.74, 6) is 1.54. The molecule has 8 nitrogen and oxygen atoms in total. The highest BCUT2D eigenvalue weighted by atomic mass is 16.7. The standard InChI is InChI=1S/C28H36N2O6/c1-4-34-28(33)36-24-12-10-23(11-13-24)27(32)29-19-22-14-16-30(17-15-22)25(31)9-6-18-35-26-20(2)7-5-8-21(26)3/h5,7-8,10-13,22H,4,6,9,14-19H2,1-3H3,(H,29,32). The smallest absolute Gasteiger partial charge is 0.493 e. The van der Waals surface area contributed by atoms with Crippen LogP contribution in [0.1, 0.15) is 54.1 Å². The van der Waals surface area contributed by atoms with Crippen LogP contribution >= 0.6 is 0 Å². The monoisotopic (exact) mass is 496 g/mol. The molecule has 2 aromatic rings. The fraction of sp³-hybridized carbons (Fsp3) is 0.464. The number of aryl methyl sites for hydroxylation is 2. The molecule has 0 unspecified atom stereocenters. The molecule has 0 saturated carbocycles. The van der Waals surface area contributed by atoms with Crippen molar-refractivity contribution >= 4 is 18.0 Å². The third-order valence-electron chi connectivity index (χ3n) is 6.29. The lowest BCUT2D eigenvalue weighted by atomic mass is 9.96. The third-order valence-corrected chi connectivity index (χ3v) is 6.29. The first-order valence-electron chi connectivity index (χ1n) is 12.6. The number of para-hydroxylation sites is 1. The molecule has 194 valence electrons. The van der Waals surface area contributed by atoms with Crippen LogP contribution in [0.2, 0.25) is 0 Å². The molecule has 1 N–H and O–H groups in total. The molecular formula is C28H36N2O6. The molecule has 1 aliphatic rings. The maximum absolute atomic E-state index is 12.6. The first-order chi connectivity index (χ1) is 17.4. The van der Waals surface area contributed by atoms with Crippen molar-refractivity contribution in [2.24, 2.45) is 5.92 Å². The van der Waals surface area contributed by atoms with Crippen LogP contribution in [0.5, 0.6) is 11.5 Å². The number of ether oxygens (including phenoxy) is 3. The molecule has 1 aliphatic heterocycles. The third kappa shape index (κ3) is 8.00. The van der Waals surface area contributed by atoms with Crippen LogP contribution in [-0.4, -0.2) is 55.7 Å². The Kier molecular flexibility index (Phi) is 10.2. The Hall–Kier alpha value is -3.55. The Labute approximate surface area is 212 Å². The predicted molar refractivity (Wildman–Crippen MR) is 136 cm³/mol. The Morgan fingerprint density at radius 2 is 1.67 bits per heavy atom. The van der Waals surface area contributed by atoms with Crippen molar-refractivity contribution in [3.63, 3.8) is 0 Å². The number of carbonyl (C=O) groups excluding carboxylic acids is 3. The van der Waals surface area contributed by atoms with E-state index in [2.05, 4.69) is 5.32 Å². The lowest BCUT2D eigenvalue weighted by Crippen LogP contribution is -2.41. The fourth-order valence-corrected chi connectivity index (χ4v) is 4.23. The molecule has 2 aromatic carbocycles. The van der Waals surface area contributed by atoms with Gasteiger partial charge in [-0.25, -0.2) is 4.79 Å². The van der Waals surface area contributed by atoms with Gasteiger partial charge in [0, 0.05) is 31.6 Å². The molecule has 0 radical (unpaired) electrons. The molecular weight excluding hydrogens is 460 g/mol. The SMILES string of the molecule is CCOC(=O)Oc1ccc(C(=O)NCC2CCN(C(=O)CCCOc3c(C)cccc3C)CC2)cc1. The number of piperidine rings is 1. The summed E-state index contributed by atoms with van der Waals surface area (Å²) in [6, 6.07) is 12.4. The number of nitrogens with zero attached hydrogens (tertiary/aromatic N) is 1. The lowest BCUT2D eigenvalue weighted by Gasteiger charge is -2.32. The molecule has 0 bridgehead atoms. The van der Waals surface area contributed by atoms with Gasteiger partial charge in [-0.2, -0.15) is 0 Å². The Morgan fingerprint density at radius 3 is 2.31 bits per heavy atom. The van der Waals surface area contributed by atoms with Gasteiger partial charge in [-0.3, -0.25) is 9.59 Å². The second-order valence-electron chi connectivity index (χ2n) is 9.02. The minimum absolute atomic E-state index is 0.160. The normalized spacial score (nSPS) is 13.7. The maximum atomic E-state index is 12.6. The van der Waals surface area contributed by atoms with Crippen LogP contribution in [0.4, 0.5) is 4.79 Å². The van der Waals surface area contributed by atoms with Gasteiger partial charge in [0.05, 0.1) is 13.2 Å². The highest BCUT2D eigenvalue weighted by molar-refractivity contribution is 5.94. The number of carbonyl (C=O) groups is 3. The summed E-state index contributed by atoms with van der Waals surface area (Å²) in [5.41, 5.74) is 2.70. The summed E-state index contributed by atoms with van der Waals surface area (Å²) >= 11 is 0. The minimum Gasteiger partial charge on any atom is -0.493 e. The van der Waals surface area contributed by atoms with E-state index < -0.39 is 6.16 Å². The number of likely N-dealkylation sites (tertiary alicyclic amines) is 1. The first kappa shape index (κ1) is 27.0. The summed E-state index contributed by atoms with van der Waals surface area (Å²) in [5, 5.41) is 2.97. The number of amides is 2. The van der Waals surface area contributed by atoms with Gasteiger partial charge in [0.2, 0.25) is 5.91 Å². The van der Waals surface area contributed by atoms with E-state index in [0.717, 1.165) is 29.7 Å². The zero-order valence-corrected chi connectivity index (χ0v) is 21.4. The predicted octanol–water partition coefficient (Wildman–Crippen LogP) is 4.67. The van der Waals surface area contributed by atoms with Gasteiger partial charge in [0.15, 0.2) is 0 Å². The number of hydrogen-bond donors (Lipinski definition) is 1. The average Bonchev–Trinajstić information content (AvgIpc) is 2.87. The van der Waals surface area contributed by atoms with E-state index in [1.165, 1.54) is 0 Å². The largest absolute Gasteiger partial charge is 0.513 e. The van der Waals surface area contributed by atoms with E-state index >= 15 is 0 Å². The van der Waals surface area contributed by atoms with Crippen molar-refractivity contribution in [1.29, 1.82) is 0 Å². The van der Waals surface area contributed by atoms with Crippen LogP contribution < -0.4 is 14.8 Å². The van der Waals surface area contributed by atoms with E-state index in [-0.39, 0.29) is 18.4 Å². The van der Waals surface area contributed by atoms with Gasteiger partial charge in [0.1, 0.15) is 11.5 Å². The van der Waals surface area contributed by atoms with Gasteiger partial charge in [-0.15, -0.1) is 0 Å². The van der Waals surface area contributed by atoms with Gasteiger partial charge in [-0.1, -0.05) is 18.2 Å². The average molecular weight is 497 g/mol. The van der Waals surface area contributed by atoms with Crippen molar-refractivity contribution in [2.45, 2.75) is 46.5 Å². The second kappa shape index (κ2) is 13.5. The molecule has 0 aliphatic carbocycles. The summed E-state index contributed by atoms with van der Waals surface area (Å²) in [7, 11) is 0. The first-order valence-corrected chi connectivity index (χ1v) is 12.6. The quantitative estimate of drug-likeness (QED) is 0.292. The van der Waals surface area contributed by atoms with Gasteiger partial charge >= 0.3 is 6.16 Å². The van der Waals surface area contributed by atoms with E-state index in [1.54, 1.807) is 31.2 Å². The van der Waals surface area contributed by atoms with Crippen molar-refractivity contribution in [3.05, 3.63) is 59.2 Å². The van der Waals surface area contributed by atoms with E-state index in [9.17, 15) is 14.4 Å². The van der Waals surface area contributed by atoms with Gasteiger partial charge in [-0.05, 0) is 81.3 Å². The number of nitrogens with one attached hydrogen (secondary N) is 1. The maximum Gasteiger partial charge on any atom is 0.513 e. The van der Waals surface area contributed by atoms with Crippen molar-refractivity contribution in [1.82, 2.24) is 10.2 Å². The Morgan fingerprint density at radius 1 is 1.00 bits per heavy atom. The van der Waals surface area contributed by atoms with Crippen molar-refractivity contribution in [2.75, 3.05) is 32.8 Å². The molecule has 0 aromatic heterocycles. The lowest BCUT2D eigenvalue weighted by molar-refractivity contribution is -0.132. The summed E-state index contributed by atoms with van der Waals surface area (Å²) in [6.45, 7) is 8.48. The van der Waals surface area contributed by atoms with Crippen LogP contribution in [0.15, 0.2) is 42.5 Å². The Balaban J connectivity index is 1.32. The topological polar surface area (TPSA) is 94.2 Å². The van der Waals surface area contributed by atoms with Crippen LogP contribution in [0.3, 0.4) is 0 Å². The van der Waals surface area contributed by atoms with E-state index in [4.69, 9.17) is 14.2 Å². The van der Waals surface area contributed by atoms with E-state index in [1.807, 2.05) is 36.9 Å². The summed E-state index contributed by atoms with van der Waals surface area (Å²) in [4.78, 5) is 38.3. The van der Waals surface area contributed by atoms with Crippen molar-refractivity contribution < 1.29 is 28.6 Å². The molecule has 1 heterocycles. The van der Waals surface area contributed by atoms with Crippen LogP contribution in [0, 0.1) is 19.8 Å². The van der Waals surface area contributed by atoms with Gasteiger partial charge < -0.3 is 24.4 Å². The summed E-state index contributed by atoms with van der Waals surface area (Å²) < 4.78 is 15.6. The zero-order valence-electron chi connectivity index (χ0n) is 21.4. The van der Waals surface area contributed by atoms with Gasteiger partial charge in [0.25, 0.3) is 5.91 Å². The number of hydrogen-bond acceptors (Lipinski definition) is 6. The molecule has 2 amide bonds. The molecule has 0 atom stereocenters. The zero-order chi connectivity index (χ0) is 25.9.